The fraction of sp³-hybridized carbons (Fsp3) is 0.316. The third-order valence-corrected chi connectivity index (χ3v) is 3.90. The molecule has 1 amide bonds. The Kier molecular flexibility index (Phi) is 7.42. The summed E-state index contributed by atoms with van der Waals surface area (Å²) in [7, 11) is 0. The maximum Gasteiger partial charge on any atom is 0.307 e. The predicted octanol–water partition coefficient (Wildman–Crippen LogP) is 2.51. The van der Waals surface area contributed by atoms with Crippen molar-refractivity contribution in [2.24, 2.45) is 0 Å². The van der Waals surface area contributed by atoms with Crippen LogP contribution in [-0.2, 0) is 27.3 Å². The van der Waals surface area contributed by atoms with Crippen molar-refractivity contribution in [2.45, 2.75) is 26.3 Å². The van der Waals surface area contributed by atoms with Gasteiger partial charge < -0.3 is 9.64 Å². The van der Waals surface area contributed by atoms with Gasteiger partial charge in [0.1, 0.15) is 0 Å². The lowest BCUT2D eigenvalue weighted by atomic mass is 10.1. The van der Waals surface area contributed by atoms with Crippen LogP contribution in [0.1, 0.15) is 24.5 Å². The lowest BCUT2D eigenvalue weighted by Gasteiger charge is -2.22. The molecule has 0 aliphatic carbocycles. The van der Waals surface area contributed by atoms with Crippen molar-refractivity contribution < 1.29 is 19.2 Å². The standard InChI is InChI=1S/C19H21N3O5/c1-2-27-19(24)9-12-21(14-15-7-10-20-11-8-15)18(23)13-16-5-3-4-6-17(16)22(25)26/h3-8,10-11H,2,9,12-14H2,1H3. The molecule has 0 saturated carbocycles. The Morgan fingerprint density at radius 1 is 1.19 bits per heavy atom. The smallest absolute Gasteiger partial charge is 0.307 e. The van der Waals surface area contributed by atoms with Crippen LogP contribution in [0, 0.1) is 10.1 Å². The van der Waals surface area contributed by atoms with E-state index in [1.54, 1.807) is 49.6 Å². The van der Waals surface area contributed by atoms with Crippen LogP contribution in [0.4, 0.5) is 5.69 Å². The van der Waals surface area contributed by atoms with E-state index in [1.165, 1.54) is 11.0 Å². The monoisotopic (exact) mass is 371 g/mol. The highest BCUT2D eigenvalue weighted by atomic mass is 16.6. The van der Waals surface area contributed by atoms with Crippen LogP contribution in [0.2, 0.25) is 0 Å². The number of carbonyl (C=O) groups excluding carboxylic acids is 2. The highest BCUT2D eigenvalue weighted by Crippen LogP contribution is 2.19. The molecule has 0 unspecified atom stereocenters. The number of carbonyl (C=O) groups is 2. The van der Waals surface area contributed by atoms with Gasteiger partial charge in [0, 0.05) is 37.1 Å². The fourth-order valence-corrected chi connectivity index (χ4v) is 2.57. The highest BCUT2D eigenvalue weighted by Gasteiger charge is 2.21. The molecule has 0 radical (unpaired) electrons. The van der Waals surface area contributed by atoms with Crippen LogP contribution in [0.15, 0.2) is 48.8 Å². The second kappa shape index (κ2) is 10.0. The molecule has 0 atom stereocenters. The molecule has 1 aromatic heterocycles. The number of nitro groups is 1. The third-order valence-electron chi connectivity index (χ3n) is 3.90. The third kappa shape index (κ3) is 6.18. The van der Waals surface area contributed by atoms with Gasteiger partial charge in [-0.3, -0.25) is 24.7 Å². The number of ether oxygens (including phenoxy) is 1. The summed E-state index contributed by atoms with van der Waals surface area (Å²) in [4.78, 5) is 40.6. The van der Waals surface area contributed by atoms with E-state index >= 15 is 0 Å². The van der Waals surface area contributed by atoms with Crippen molar-refractivity contribution in [3.05, 3.63) is 70.0 Å². The first-order valence-corrected chi connectivity index (χ1v) is 8.55. The number of rotatable bonds is 9. The van der Waals surface area contributed by atoms with Crippen LogP contribution >= 0.6 is 0 Å². The summed E-state index contributed by atoms with van der Waals surface area (Å²) < 4.78 is 4.91. The number of pyridine rings is 1. The second-order valence-electron chi connectivity index (χ2n) is 5.79. The molecule has 0 saturated heterocycles. The van der Waals surface area contributed by atoms with Gasteiger partial charge in [-0.15, -0.1) is 0 Å². The van der Waals surface area contributed by atoms with Gasteiger partial charge in [0.05, 0.1) is 24.4 Å². The molecule has 0 N–H and O–H groups in total. The van der Waals surface area contributed by atoms with Gasteiger partial charge in [0.2, 0.25) is 5.91 Å². The SMILES string of the molecule is CCOC(=O)CCN(Cc1ccncc1)C(=O)Cc1ccccc1[N+](=O)[O-]. The van der Waals surface area contributed by atoms with Gasteiger partial charge in [0.15, 0.2) is 0 Å². The van der Waals surface area contributed by atoms with E-state index < -0.39 is 10.9 Å². The maximum atomic E-state index is 12.8. The molecule has 142 valence electrons. The Bertz CT molecular complexity index is 795. The topological polar surface area (TPSA) is 103 Å². The average molecular weight is 371 g/mol. The summed E-state index contributed by atoms with van der Waals surface area (Å²) in [6, 6.07) is 9.69. The van der Waals surface area contributed by atoms with Crippen LogP contribution in [0.5, 0.6) is 0 Å². The zero-order valence-electron chi connectivity index (χ0n) is 15.0. The minimum absolute atomic E-state index is 0.0571. The fourth-order valence-electron chi connectivity index (χ4n) is 2.57. The van der Waals surface area contributed by atoms with E-state index in [9.17, 15) is 19.7 Å². The summed E-state index contributed by atoms with van der Waals surface area (Å²) in [5.41, 5.74) is 1.09. The molecular weight excluding hydrogens is 350 g/mol. The van der Waals surface area contributed by atoms with Gasteiger partial charge in [-0.05, 0) is 24.6 Å². The van der Waals surface area contributed by atoms with Gasteiger partial charge in [0.25, 0.3) is 5.69 Å². The van der Waals surface area contributed by atoms with Gasteiger partial charge in [-0.2, -0.15) is 0 Å². The number of amides is 1. The minimum atomic E-state index is -0.506. The Hall–Kier alpha value is -3.29. The first-order chi connectivity index (χ1) is 13.0. The molecule has 0 aliphatic rings. The van der Waals surface area contributed by atoms with Crippen LogP contribution in [-0.4, -0.2) is 39.8 Å². The van der Waals surface area contributed by atoms with Crippen molar-refractivity contribution >= 4 is 17.6 Å². The number of nitro benzene ring substituents is 1. The van der Waals surface area contributed by atoms with Crippen LogP contribution in [0.3, 0.4) is 0 Å². The predicted molar refractivity (Wildman–Crippen MR) is 97.7 cm³/mol. The zero-order valence-corrected chi connectivity index (χ0v) is 15.0. The molecule has 0 fully saturated rings. The molecule has 8 nitrogen and oxygen atoms in total. The normalized spacial score (nSPS) is 10.3. The van der Waals surface area contributed by atoms with Crippen molar-refractivity contribution in [3.63, 3.8) is 0 Å². The molecule has 8 heteroatoms. The molecule has 2 rings (SSSR count). The molecule has 1 aromatic carbocycles. The van der Waals surface area contributed by atoms with Crippen LogP contribution < -0.4 is 0 Å². The first kappa shape index (κ1) is 20.0. The Balaban J connectivity index is 2.14. The number of esters is 1. The summed E-state index contributed by atoms with van der Waals surface area (Å²) in [6.07, 6.45) is 3.17. The molecule has 2 aromatic rings. The Labute approximate surface area is 156 Å². The second-order valence-corrected chi connectivity index (χ2v) is 5.79. The van der Waals surface area contributed by atoms with E-state index in [0.29, 0.717) is 5.56 Å². The van der Waals surface area contributed by atoms with E-state index in [0.717, 1.165) is 5.56 Å². The molecule has 0 bridgehead atoms. The molecule has 0 aliphatic heterocycles. The maximum absolute atomic E-state index is 12.8. The first-order valence-electron chi connectivity index (χ1n) is 8.55. The van der Waals surface area contributed by atoms with Crippen molar-refractivity contribution in [1.29, 1.82) is 0 Å². The number of hydrogen-bond acceptors (Lipinski definition) is 6. The van der Waals surface area contributed by atoms with E-state index in [-0.39, 0.29) is 44.1 Å². The summed E-state index contributed by atoms with van der Waals surface area (Å²) in [5.74, 6) is -0.693. The van der Waals surface area contributed by atoms with Gasteiger partial charge in [-0.25, -0.2) is 0 Å². The molecular formula is C19H21N3O5. The largest absolute Gasteiger partial charge is 0.466 e. The number of aromatic nitrogens is 1. The zero-order chi connectivity index (χ0) is 19.6. The highest BCUT2D eigenvalue weighted by molar-refractivity contribution is 5.80. The Morgan fingerprint density at radius 2 is 1.89 bits per heavy atom. The van der Waals surface area contributed by atoms with Crippen molar-refractivity contribution in [1.82, 2.24) is 9.88 Å². The number of benzene rings is 1. The quantitative estimate of drug-likeness (QED) is 0.381. The molecule has 27 heavy (non-hydrogen) atoms. The van der Waals surface area contributed by atoms with Crippen molar-refractivity contribution in [3.8, 4) is 0 Å². The van der Waals surface area contributed by atoms with Gasteiger partial charge in [-0.1, -0.05) is 18.2 Å². The average Bonchev–Trinajstić information content (AvgIpc) is 2.66. The lowest BCUT2D eigenvalue weighted by molar-refractivity contribution is -0.385. The van der Waals surface area contributed by atoms with Crippen molar-refractivity contribution in [2.75, 3.05) is 13.2 Å². The summed E-state index contributed by atoms with van der Waals surface area (Å²) in [6.45, 7) is 2.43. The lowest BCUT2D eigenvalue weighted by Crippen LogP contribution is -2.34. The van der Waals surface area contributed by atoms with E-state index in [4.69, 9.17) is 4.74 Å². The molecule has 0 spiro atoms. The number of hydrogen-bond donors (Lipinski definition) is 0. The number of para-hydroxylation sites is 1. The van der Waals surface area contributed by atoms with E-state index in [2.05, 4.69) is 4.98 Å². The van der Waals surface area contributed by atoms with Gasteiger partial charge >= 0.3 is 5.97 Å². The summed E-state index contributed by atoms with van der Waals surface area (Å²) in [5, 5.41) is 11.2. The summed E-state index contributed by atoms with van der Waals surface area (Å²) >= 11 is 0. The van der Waals surface area contributed by atoms with Crippen LogP contribution in [0.25, 0.3) is 0 Å². The molecule has 1 heterocycles. The number of nitrogens with zero attached hydrogens (tertiary/aromatic N) is 3. The minimum Gasteiger partial charge on any atom is -0.466 e. The van der Waals surface area contributed by atoms with E-state index in [1.807, 2.05) is 0 Å². The Morgan fingerprint density at radius 3 is 2.56 bits per heavy atom.